The Morgan fingerprint density at radius 3 is 2.48 bits per heavy atom. The largest absolute Gasteiger partial charge is 0.465 e. The van der Waals surface area contributed by atoms with E-state index in [1.54, 1.807) is 0 Å². The maximum Gasteiger partial charge on any atom is 0.339 e. The first-order valence-corrected chi connectivity index (χ1v) is 8.63. The molecule has 0 aliphatic carbocycles. The number of methoxy groups -OCH3 is 1. The van der Waals surface area contributed by atoms with E-state index in [4.69, 9.17) is 0 Å². The number of hydrogen-bond donors (Lipinski definition) is 0. The third-order valence-electron chi connectivity index (χ3n) is 3.18. The van der Waals surface area contributed by atoms with Gasteiger partial charge in [0.2, 0.25) is 0 Å². The lowest BCUT2D eigenvalue weighted by Gasteiger charge is -2.21. The molecule has 0 radical (unpaired) electrons. The highest BCUT2D eigenvalue weighted by Crippen LogP contribution is 2.28. The van der Waals surface area contributed by atoms with E-state index in [0.29, 0.717) is 4.47 Å². The standard InChI is InChI=1S/C15H13BrFNO4S/c1-18(13-6-4-3-5-12(13)17)23(20,21)14-8-7-10(16)9-11(14)15(19)22-2/h3-9H,1-2H3. The van der Waals surface area contributed by atoms with Crippen LogP contribution >= 0.6 is 15.9 Å². The van der Waals surface area contributed by atoms with Gasteiger partial charge in [-0.25, -0.2) is 17.6 Å². The van der Waals surface area contributed by atoms with Gasteiger partial charge < -0.3 is 4.74 Å². The zero-order valence-electron chi connectivity index (χ0n) is 12.3. The summed E-state index contributed by atoms with van der Waals surface area (Å²) >= 11 is 3.18. The maximum atomic E-state index is 13.9. The molecular weight excluding hydrogens is 389 g/mol. The van der Waals surface area contributed by atoms with E-state index in [2.05, 4.69) is 20.7 Å². The monoisotopic (exact) mass is 401 g/mol. The van der Waals surface area contributed by atoms with Crippen molar-refractivity contribution in [2.45, 2.75) is 4.90 Å². The molecule has 5 nitrogen and oxygen atoms in total. The molecule has 0 aliphatic rings. The summed E-state index contributed by atoms with van der Waals surface area (Å²) in [5.41, 5.74) is -0.253. The Hall–Kier alpha value is -1.93. The van der Waals surface area contributed by atoms with Crippen LogP contribution < -0.4 is 4.31 Å². The number of rotatable bonds is 4. The Bertz CT molecular complexity index is 854. The number of nitrogens with zero attached hydrogens (tertiary/aromatic N) is 1. The van der Waals surface area contributed by atoms with Gasteiger partial charge in [0, 0.05) is 11.5 Å². The van der Waals surface area contributed by atoms with Crippen molar-refractivity contribution in [1.82, 2.24) is 0 Å². The number of esters is 1. The van der Waals surface area contributed by atoms with E-state index in [1.807, 2.05) is 0 Å². The molecule has 0 spiro atoms. The summed E-state index contributed by atoms with van der Waals surface area (Å²) < 4.78 is 45.3. The number of hydrogen-bond acceptors (Lipinski definition) is 4. The van der Waals surface area contributed by atoms with Crippen molar-refractivity contribution in [2.24, 2.45) is 0 Å². The predicted molar refractivity (Wildman–Crippen MR) is 87.5 cm³/mol. The van der Waals surface area contributed by atoms with Gasteiger partial charge in [-0.15, -0.1) is 0 Å². The van der Waals surface area contributed by atoms with Crippen LogP contribution in [-0.4, -0.2) is 28.5 Å². The minimum atomic E-state index is -4.15. The summed E-state index contributed by atoms with van der Waals surface area (Å²) in [7, 11) is -1.77. The van der Waals surface area contributed by atoms with Gasteiger partial charge in [-0.05, 0) is 30.3 Å². The second-order valence-corrected chi connectivity index (χ2v) is 7.41. The van der Waals surface area contributed by atoms with Crippen molar-refractivity contribution < 1.29 is 22.3 Å². The van der Waals surface area contributed by atoms with Gasteiger partial charge in [0.05, 0.1) is 18.4 Å². The molecule has 0 saturated heterocycles. The van der Waals surface area contributed by atoms with E-state index in [0.717, 1.165) is 17.5 Å². The second-order valence-electron chi connectivity index (χ2n) is 4.56. The Morgan fingerprint density at radius 1 is 1.22 bits per heavy atom. The van der Waals surface area contributed by atoms with E-state index in [-0.39, 0.29) is 16.1 Å². The van der Waals surface area contributed by atoms with Crippen LogP contribution in [0.15, 0.2) is 51.8 Å². The first-order valence-electron chi connectivity index (χ1n) is 6.40. The average molecular weight is 402 g/mol. The number of para-hydroxylation sites is 1. The molecule has 0 saturated carbocycles. The normalized spacial score (nSPS) is 11.1. The molecule has 122 valence electrons. The van der Waals surface area contributed by atoms with Crippen molar-refractivity contribution in [3.05, 3.63) is 58.3 Å². The number of ether oxygens (including phenoxy) is 1. The highest BCUT2D eigenvalue weighted by atomic mass is 79.9. The highest BCUT2D eigenvalue weighted by molar-refractivity contribution is 9.10. The van der Waals surface area contributed by atoms with E-state index < -0.39 is 21.8 Å². The Labute approximate surface area is 141 Å². The molecule has 0 fully saturated rings. The highest BCUT2D eigenvalue weighted by Gasteiger charge is 2.28. The second kappa shape index (κ2) is 6.67. The molecule has 0 aromatic heterocycles. The molecule has 0 N–H and O–H groups in total. The number of sulfonamides is 1. The molecule has 2 aromatic carbocycles. The summed E-state index contributed by atoms with van der Waals surface area (Å²) in [4.78, 5) is 11.6. The number of halogens is 2. The molecule has 2 rings (SSSR count). The fraction of sp³-hybridized carbons (Fsp3) is 0.133. The average Bonchev–Trinajstić information content (AvgIpc) is 2.53. The third kappa shape index (κ3) is 3.37. The fourth-order valence-electron chi connectivity index (χ4n) is 1.98. The van der Waals surface area contributed by atoms with Crippen LogP contribution in [0.4, 0.5) is 10.1 Å². The molecule has 23 heavy (non-hydrogen) atoms. The SMILES string of the molecule is COC(=O)c1cc(Br)ccc1S(=O)(=O)N(C)c1ccccc1F. The Kier molecular flexibility index (Phi) is 5.06. The molecule has 0 amide bonds. The molecule has 0 atom stereocenters. The lowest BCUT2D eigenvalue weighted by atomic mass is 10.2. The van der Waals surface area contributed by atoms with Gasteiger partial charge in [0.15, 0.2) is 0 Å². The van der Waals surface area contributed by atoms with Crippen LogP contribution in [-0.2, 0) is 14.8 Å². The van der Waals surface area contributed by atoms with Crippen molar-refractivity contribution in [2.75, 3.05) is 18.5 Å². The predicted octanol–water partition coefficient (Wildman–Crippen LogP) is 3.20. The zero-order chi connectivity index (χ0) is 17.2. The molecule has 8 heteroatoms. The first-order chi connectivity index (χ1) is 10.8. The fourth-order valence-corrected chi connectivity index (χ4v) is 3.70. The van der Waals surface area contributed by atoms with E-state index in [1.165, 1.54) is 43.4 Å². The summed E-state index contributed by atoms with van der Waals surface area (Å²) in [5.74, 6) is -1.48. The summed E-state index contributed by atoms with van der Waals surface area (Å²) in [6.45, 7) is 0. The summed E-state index contributed by atoms with van der Waals surface area (Å²) in [5, 5.41) is 0. The van der Waals surface area contributed by atoms with Gasteiger partial charge in [-0.3, -0.25) is 4.31 Å². The number of anilines is 1. The van der Waals surface area contributed by atoms with E-state index >= 15 is 0 Å². The molecule has 2 aromatic rings. The van der Waals surface area contributed by atoms with Gasteiger partial charge in [-0.1, -0.05) is 28.1 Å². The van der Waals surface area contributed by atoms with Crippen molar-refractivity contribution in [3.8, 4) is 0 Å². The Balaban J connectivity index is 2.61. The molecule has 0 unspecified atom stereocenters. The molecular formula is C15H13BrFNO4S. The smallest absolute Gasteiger partial charge is 0.339 e. The van der Waals surface area contributed by atoms with Crippen LogP contribution in [0.1, 0.15) is 10.4 Å². The minimum Gasteiger partial charge on any atom is -0.465 e. The number of carbonyl (C=O) groups is 1. The quantitative estimate of drug-likeness (QED) is 0.737. The number of carbonyl (C=O) groups excluding carboxylic acids is 1. The summed E-state index contributed by atoms with van der Waals surface area (Å²) in [6.07, 6.45) is 0. The maximum absolute atomic E-state index is 13.9. The Morgan fingerprint density at radius 2 is 1.87 bits per heavy atom. The lowest BCUT2D eigenvalue weighted by molar-refractivity contribution is 0.0596. The van der Waals surface area contributed by atoms with Crippen molar-refractivity contribution in [1.29, 1.82) is 0 Å². The summed E-state index contributed by atoms with van der Waals surface area (Å²) in [6, 6.07) is 9.56. The van der Waals surface area contributed by atoms with E-state index in [9.17, 15) is 17.6 Å². The van der Waals surface area contributed by atoms with Crippen molar-refractivity contribution >= 4 is 37.6 Å². The molecule has 0 heterocycles. The van der Waals surface area contributed by atoms with Crippen LogP contribution in [0.3, 0.4) is 0 Å². The van der Waals surface area contributed by atoms with Crippen LogP contribution in [0.5, 0.6) is 0 Å². The minimum absolute atomic E-state index is 0.119. The van der Waals surface area contributed by atoms with Gasteiger partial charge >= 0.3 is 5.97 Å². The third-order valence-corrected chi connectivity index (χ3v) is 5.50. The number of benzene rings is 2. The molecule has 0 aliphatic heterocycles. The topological polar surface area (TPSA) is 63.7 Å². The van der Waals surface area contributed by atoms with Crippen LogP contribution in [0.25, 0.3) is 0 Å². The molecule has 0 bridgehead atoms. The van der Waals surface area contributed by atoms with Crippen LogP contribution in [0, 0.1) is 5.82 Å². The van der Waals surface area contributed by atoms with Crippen molar-refractivity contribution in [3.63, 3.8) is 0 Å². The van der Waals surface area contributed by atoms with Crippen LogP contribution in [0.2, 0.25) is 0 Å². The van der Waals surface area contributed by atoms with Gasteiger partial charge in [0.25, 0.3) is 10.0 Å². The lowest BCUT2D eigenvalue weighted by Crippen LogP contribution is -2.29. The van der Waals surface area contributed by atoms with Gasteiger partial charge in [0.1, 0.15) is 10.7 Å². The zero-order valence-corrected chi connectivity index (χ0v) is 14.7. The van der Waals surface area contributed by atoms with Gasteiger partial charge in [-0.2, -0.15) is 0 Å². The first kappa shape index (κ1) is 17.4.